The molecule has 2 aromatic rings. The average Bonchev–Trinajstić information content (AvgIpc) is 2.45. The summed E-state index contributed by atoms with van der Waals surface area (Å²) in [5.74, 6) is 0. The molecular formula is C14H8Cl4O2. The first-order chi connectivity index (χ1) is 9.51. The number of benzene rings is 2. The van der Waals surface area contributed by atoms with Crippen LogP contribution in [0, 0.1) is 0 Å². The van der Waals surface area contributed by atoms with Gasteiger partial charge in [0.15, 0.2) is 12.6 Å². The molecule has 0 aliphatic rings. The van der Waals surface area contributed by atoms with E-state index in [0.717, 1.165) is 0 Å². The highest BCUT2D eigenvalue weighted by molar-refractivity contribution is 6.43. The van der Waals surface area contributed by atoms with Gasteiger partial charge >= 0.3 is 0 Å². The van der Waals surface area contributed by atoms with E-state index in [1.165, 1.54) is 0 Å². The van der Waals surface area contributed by atoms with E-state index >= 15 is 0 Å². The Labute approximate surface area is 136 Å². The van der Waals surface area contributed by atoms with E-state index in [1.807, 2.05) is 0 Å². The molecule has 0 atom stereocenters. The Balaban J connectivity index is 0.000000200. The third kappa shape index (κ3) is 4.50. The van der Waals surface area contributed by atoms with Gasteiger partial charge in [0, 0.05) is 11.1 Å². The second-order valence-corrected chi connectivity index (χ2v) is 5.09. The van der Waals surface area contributed by atoms with Crippen LogP contribution in [0.4, 0.5) is 0 Å². The monoisotopic (exact) mass is 348 g/mol. The molecule has 0 fully saturated rings. The van der Waals surface area contributed by atoms with Crippen LogP contribution in [0.25, 0.3) is 0 Å². The Morgan fingerprint density at radius 2 is 1.00 bits per heavy atom. The molecule has 0 amide bonds. The zero-order chi connectivity index (χ0) is 15.1. The van der Waals surface area contributed by atoms with Gasteiger partial charge in [0.25, 0.3) is 0 Å². The highest BCUT2D eigenvalue weighted by Crippen LogP contribution is 2.24. The summed E-state index contributed by atoms with van der Waals surface area (Å²) in [5.41, 5.74) is 0.850. The van der Waals surface area contributed by atoms with Crippen molar-refractivity contribution in [3.05, 3.63) is 67.6 Å². The number of hydrogen-bond acceptors (Lipinski definition) is 2. The summed E-state index contributed by atoms with van der Waals surface area (Å²) in [6.07, 6.45) is 1.35. The van der Waals surface area contributed by atoms with Crippen LogP contribution in [0.5, 0.6) is 0 Å². The molecule has 0 spiro atoms. The number of hydrogen-bond donors (Lipinski definition) is 0. The second-order valence-electron chi connectivity index (χ2n) is 3.52. The Hall–Kier alpha value is -1.06. The molecule has 2 rings (SSSR count). The number of aldehydes is 2. The highest BCUT2D eigenvalue weighted by atomic mass is 35.5. The molecule has 0 aromatic heterocycles. The van der Waals surface area contributed by atoms with Crippen molar-refractivity contribution in [3.8, 4) is 0 Å². The number of halogens is 4. The molecule has 0 N–H and O–H groups in total. The van der Waals surface area contributed by atoms with Crippen molar-refractivity contribution in [2.75, 3.05) is 0 Å². The van der Waals surface area contributed by atoms with Gasteiger partial charge in [-0.3, -0.25) is 9.59 Å². The molecule has 0 unspecified atom stereocenters. The molecule has 0 heterocycles. The lowest BCUT2D eigenvalue weighted by molar-refractivity contribution is 0.111. The fourth-order valence-corrected chi connectivity index (χ4v) is 1.93. The minimum Gasteiger partial charge on any atom is -0.298 e. The van der Waals surface area contributed by atoms with Crippen molar-refractivity contribution in [3.63, 3.8) is 0 Å². The normalized spacial score (nSPS) is 9.40. The first kappa shape index (κ1) is 17.0. The largest absolute Gasteiger partial charge is 0.298 e. The van der Waals surface area contributed by atoms with Gasteiger partial charge in [-0.1, -0.05) is 70.7 Å². The third-order valence-corrected chi connectivity index (χ3v) is 3.88. The third-order valence-electron chi connectivity index (χ3n) is 2.22. The van der Waals surface area contributed by atoms with Crippen molar-refractivity contribution in [1.29, 1.82) is 0 Å². The molecule has 0 radical (unpaired) electrons. The van der Waals surface area contributed by atoms with E-state index in [9.17, 15) is 9.59 Å². The first-order valence-electron chi connectivity index (χ1n) is 5.29. The summed E-state index contributed by atoms with van der Waals surface area (Å²) in [4.78, 5) is 20.5. The lowest BCUT2D eigenvalue weighted by atomic mass is 10.2. The van der Waals surface area contributed by atoms with Crippen LogP contribution in [-0.2, 0) is 0 Å². The van der Waals surface area contributed by atoms with Gasteiger partial charge in [-0.05, 0) is 12.1 Å². The Morgan fingerprint density at radius 1 is 0.650 bits per heavy atom. The Kier molecular flexibility index (Phi) is 7.03. The first-order valence-corrected chi connectivity index (χ1v) is 6.80. The molecule has 2 nitrogen and oxygen atoms in total. The van der Waals surface area contributed by atoms with Gasteiger partial charge < -0.3 is 0 Å². The van der Waals surface area contributed by atoms with Crippen LogP contribution in [0.1, 0.15) is 20.7 Å². The Bertz CT molecular complexity index is 571. The molecule has 0 bridgehead atoms. The molecule has 6 heteroatoms. The summed E-state index contributed by atoms with van der Waals surface area (Å²) in [6, 6.07) is 9.85. The van der Waals surface area contributed by atoms with Crippen molar-refractivity contribution >= 4 is 59.0 Å². The maximum atomic E-state index is 10.2. The predicted molar refractivity (Wildman–Crippen MR) is 83.7 cm³/mol. The summed E-state index contributed by atoms with van der Waals surface area (Å²) >= 11 is 22.5. The topological polar surface area (TPSA) is 34.1 Å². The number of carbonyl (C=O) groups is 2. The summed E-state index contributed by atoms with van der Waals surface area (Å²) < 4.78 is 0. The zero-order valence-corrected chi connectivity index (χ0v) is 13.0. The second kappa shape index (κ2) is 8.28. The zero-order valence-electron chi connectivity index (χ0n) is 9.95. The summed E-state index contributed by atoms with van der Waals surface area (Å²) in [6.45, 7) is 0. The fraction of sp³-hybridized carbons (Fsp3) is 0. The molecule has 104 valence electrons. The van der Waals surface area contributed by atoms with E-state index in [1.54, 1.807) is 36.4 Å². The van der Waals surface area contributed by atoms with E-state index < -0.39 is 0 Å². The molecule has 0 saturated carbocycles. The maximum absolute atomic E-state index is 10.2. The van der Waals surface area contributed by atoms with Crippen molar-refractivity contribution in [2.45, 2.75) is 0 Å². The molecule has 0 aliphatic carbocycles. The van der Waals surface area contributed by atoms with Crippen LogP contribution in [-0.4, -0.2) is 12.6 Å². The van der Waals surface area contributed by atoms with E-state index in [2.05, 4.69) is 0 Å². The van der Waals surface area contributed by atoms with Crippen LogP contribution in [0.3, 0.4) is 0 Å². The van der Waals surface area contributed by atoms with E-state index in [0.29, 0.717) is 43.8 Å². The fourth-order valence-electron chi connectivity index (χ4n) is 1.22. The summed E-state index contributed by atoms with van der Waals surface area (Å²) in [7, 11) is 0. The highest BCUT2D eigenvalue weighted by Gasteiger charge is 2.01. The minimum atomic E-state index is 0.319. The van der Waals surface area contributed by atoms with Gasteiger partial charge in [0.05, 0.1) is 20.1 Å². The van der Waals surface area contributed by atoms with Gasteiger partial charge in [0.2, 0.25) is 0 Å². The lowest BCUT2D eigenvalue weighted by Crippen LogP contribution is -1.80. The molecule has 0 saturated heterocycles. The predicted octanol–water partition coefficient (Wildman–Crippen LogP) is 5.61. The van der Waals surface area contributed by atoms with Gasteiger partial charge in [0.1, 0.15) is 0 Å². The van der Waals surface area contributed by atoms with Crippen LogP contribution >= 0.6 is 46.4 Å². The SMILES string of the molecule is O=Cc1cccc(Cl)c1Cl.O=Cc1cccc(Cl)c1Cl. The minimum absolute atomic E-state index is 0.319. The Morgan fingerprint density at radius 3 is 1.25 bits per heavy atom. The smallest absolute Gasteiger partial charge is 0.151 e. The van der Waals surface area contributed by atoms with Gasteiger partial charge in [-0.25, -0.2) is 0 Å². The average molecular weight is 350 g/mol. The molecule has 20 heavy (non-hydrogen) atoms. The van der Waals surface area contributed by atoms with Gasteiger partial charge in [-0.2, -0.15) is 0 Å². The maximum Gasteiger partial charge on any atom is 0.151 e. The lowest BCUT2D eigenvalue weighted by Gasteiger charge is -1.95. The molecular weight excluding hydrogens is 342 g/mol. The van der Waals surface area contributed by atoms with Gasteiger partial charge in [-0.15, -0.1) is 0 Å². The van der Waals surface area contributed by atoms with Crippen molar-refractivity contribution < 1.29 is 9.59 Å². The van der Waals surface area contributed by atoms with Crippen LogP contribution < -0.4 is 0 Å². The summed E-state index contributed by atoms with van der Waals surface area (Å²) in [5, 5.41) is 1.45. The van der Waals surface area contributed by atoms with E-state index in [4.69, 9.17) is 46.4 Å². The van der Waals surface area contributed by atoms with Crippen LogP contribution in [0.15, 0.2) is 36.4 Å². The quantitative estimate of drug-likeness (QED) is 0.660. The van der Waals surface area contributed by atoms with Crippen molar-refractivity contribution in [1.82, 2.24) is 0 Å². The van der Waals surface area contributed by atoms with E-state index in [-0.39, 0.29) is 0 Å². The number of carbonyl (C=O) groups excluding carboxylic acids is 2. The molecule has 0 aliphatic heterocycles. The molecule has 2 aromatic carbocycles. The number of rotatable bonds is 2. The van der Waals surface area contributed by atoms with Crippen LogP contribution in [0.2, 0.25) is 20.1 Å². The standard InChI is InChI=1S/2C7H4Cl2O/c2*8-6-3-1-2-5(4-10)7(6)9/h2*1-4H. The van der Waals surface area contributed by atoms with Crippen molar-refractivity contribution in [2.24, 2.45) is 0 Å².